The van der Waals surface area contributed by atoms with E-state index in [0.29, 0.717) is 23.7 Å². The number of methoxy groups -OCH3 is 1. The zero-order valence-corrected chi connectivity index (χ0v) is 15.6. The summed E-state index contributed by atoms with van der Waals surface area (Å²) in [6, 6.07) is 12.1. The lowest BCUT2D eigenvalue weighted by Crippen LogP contribution is -2.22. The Morgan fingerprint density at radius 1 is 1.07 bits per heavy atom. The Kier molecular flexibility index (Phi) is 4.04. The van der Waals surface area contributed by atoms with Crippen LogP contribution in [-0.2, 0) is 17.6 Å². The molecule has 0 fully saturated rings. The molecule has 2 heterocycles. The maximum Gasteiger partial charge on any atom is 0.226 e. The summed E-state index contributed by atoms with van der Waals surface area (Å²) >= 11 is 0. The number of aryl methyl sites for hydroxylation is 2. The summed E-state index contributed by atoms with van der Waals surface area (Å²) in [4.78, 5) is 12.0. The van der Waals surface area contributed by atoms with Gasteiger partial charge in [0.2, 0.25) is 5.91 Å². The number of amides is 1. The number of hydrogen-bond donors (Lipinski definition) is 2. The molecule has 2 aromatic carbocycles. The van der Waals surface area contributed by atoms with Crippen molar-refractivity contribution in [1.29, 1.82) is 0 Å². The minimum absolute atomic E-state index is 0.0398. The molecular weight excluding hydrogens is 354 g/mol. The van der Waals surface area contributed by atoms with E-state index in [1.807, 2.05) is 30.5 Å². The van der Waals surface area contributed by atoms with Gasteiger partial charge in [0.25, 0.3) is 0 Å². The molecule has 1 aromatic heterocycles. The Labute approximate surface area is 162 Å². The summed E-state index contributed by atoms with van der Waals surface area (Å²) in [6.45, 7) is 0. The van der Waals surface area contributed by atoms with Gasteiger partial charge < -0.3 is 14.8 Å². The Hall–Kier alpha value is -3.28. The SMILES string of the molecule is COc1cc([C@@H]2CC(=O)Nc3n[nH]cc32)ccc1Oc1ccc2c(c1)CCC2. The van der Waals surface area contributed by atoms with Crippen molar-refractivity contribution in [3.63, 3.8) is 0 Å². The van der Waals surface area contributed by atoms with E-state index in [1.165, 1.54) is 17.5 Å². The highest BCUT2D eigenvalue weighted by Gasteiger charge is 2.29. The van der Waals surface area contributed by atoms with Crippen LogP contribution in [0.2, 0.25) is 0 Å². The standard InChI is InChI=1S/C22H21N3O3/c1-27-20-10-15(17-11-21(26)24-22-18(17)12-23-25-22)6-8-19(20)28-16-7-5-13-3-2-4-14(13)9-16/h5-10,12,17H,2-4,11H2,1H3,(H2,23,24,25,26)/t17-/m0/s1. The number of hydrogen-bond acceptors (Lipinski definition) is 4. The van der Waals surface area contributed by atoms with Crippen LogP contribution in [0, 0.1) is 0 Å². The Balaban J connectivity index is 1.45. The summed E-state index contributed by atoms with van der Waals surface area (Å²) in [7, 11) is 1.63. The number of aromatic amines is 1. The number of rotatable bonds is 4. The quantitative estimate of drug-likeness (QED) is 0.717. The fourth-order valence-electron chi connectivity index (χ4n) is 4.16. The number of nitrogens with zero attached hydrogens (tertiary/aromatic N) is 1. The molecule has 1 atom stereocenters. The third-order valence-corrected chi connectivity index (χ3v) is 5.58. The monoisotopic (exact) mass is 375 g/mol. The van der Waals surface area contributed by atoms with Crippen molar-refractivity contribution in [3.05, 3.63) is 64.8 Å². The molecule has 0 bridgehead atoms. The summed E-state index contributed by atoms with van der Waals surface area (Å²) in [5.41, 5.74) is 4.76. The predicted octanol–water partition coefficient (Wildman–Crippen LogP) is 4.17. The second kappa shape index (κ2) is 6.71. The zero-order chi connectivity index (χ0) is 19.1. The zero-order valence-electron chi connectivity index (χ0n) is 15.6. The van der Waals surface area contributed by atoms with Gasteiger partial charge in [-0.3, -0.25) is 9.89 Å². The summed E-state index contributed by atoms with van der Waals surface area (Å²) in [5, 5.41) is 9.74. The van der Waals surface area contributed by atoms with Gasteiger partial charge in [0.1, 0.15) is 5.75 Å². The van der Waals surface area contributed by atoms with Gasteiger partial charge in [-0.15, -0.1) is 0 Å². The van der Waals surface area contributed by atoms with E-state index >= 15 is 0 Å². The minimum Gasteiger partial charge on any atom is -0.493 e. The van der Waals surface area contributed by atoms with Gasteiger partial charge in [0.05, 0.1) is 7.11 Å². The van der Waals surface area contributed by atoms with Crippen molar-refractivity contribution in [2.75, 3.05) is 12.4 Å². The van der Waals surface area contributed by atoms with E-state index in [1.54, 1.807) is 7.11 Å². The molecule has 6 nitrogen and oxygen atoms in total. The molecule has 1 amide bonds. The molecule has 0 saturated carbocycles. The molecule has 1 aliphatic carbocycles. The summed E-state index contributed by atoms with van der Waals surface area (Å²) < 4.78 is 11.7. The van der Waals surface area contributed by atoms with Crippen LogP contribution in [0.3, 0.4) is 0 Å². The molecule has 2 aliphatic rings. The number of anilines is 1. The number of carbonyl (C=O) groups is 1. The van der Waals surface area contributed by atoms with Gasteiger partial charge in [-0.25, -0.2) is 0 Å². The van der Waals surface area contributed by atoms with Crippen molar-refractivity contribution in [2.45, 2.75) is 31.6 Å². The lowest BCUT2D eigenvalue weighted by molar-refractivity contribution is -0.116. The first-order chi connectivity index (χ1) is 13.7. The van der Waals surface area contributed by atoms with Gasteiger partial charge in [-0.2, -0.15) is 5.10 Å². The van der Waals surface area contributed by atoms with Crippen LogP contribution in [0.15, 0.2) is 42.6 Å². The van der Waals surface area contributed by atoms with Gasteiger partial charge in [-0.05, 0) is 60.2 Å². The molecule has 0 saturated heterocycles. The van der Waals surface area contributed by atoms with E-state index in [0.717, 1.165) is 29.7 Å². The van der Waals surface area contributed by atoms with Crippen molar-refractivity contribution >= 4 is 11.7 Å². The fraction of sp³-hybridized carbons (Fsp3) is 0.273. The summed E-state index contributed by atoms with van der Waals surface area (Å²) in [5.74, 6) is 2.62. The minimum atomic E-state index is -0.0644. The van der Waals surface area contributed by atoms with Crippen LogP contribution in [0.4, 0.5) is 5.82 Å². The van der Waals surface area contributed by atoms with Crippen LogP contribution in [0.5, 0.6) is 17.2 Å². The number of H-pyrrole nitrogens is 1. The van der Waals surface area contributed by atoms with Gasteiger partial charge in [0.15, 0.2) is 17.3 Å². The smallest absolute Gasteiger partial charge is 0.226 e. The van der Waals surface area contributed by atoms with Gasteiger partial charge in [-0.1, -0.05) is 12.1 Å². The molecule has 0 spiro atoms. The lowest BCUT2D eigenvalue weighted by atomic mass is 9.87. The van der Waals surface area contributed by atoms with Crippen molar-refractivity contribution in [3.8, 4) is 17.2 Å². The number of aromatic nitrogens is 2. The molecule has 142 valence electrons. The van der Waals surface area contributed by atoms with E-state index < -0.39 is 0 Å². The molecule has 2 N–H and O–H groups in total. The number of ether oxygens (including phenoxy) is 2. The third kappa shape index (κ3) is 2.91. The molecule has 3 aromatic rings. The first kappa shape index (κ1) is 16.9. The predicted molar refractivity (Wildman–Crippen MR) is 105 cm³/mol. The largest absolute Gasteiger partial charge is 0.493 e. The number of nitrogens with one attached hydrogen (secondary N) is 2. The maximum atomic E-state index is 12.0. The van der Waals surface area contributed by atoms with Crippen molar-refractivity contribution < 1.29 is 14.3 Å². The summed E-state index contributed by atoms with van der Waals surface area (Å²) in [6.07, 6.45) is 5.68. The highest BCUT2D eigenvalue weighted by atomic mass is 16.5. The Morgan fingerprint density at radius 2 is 1.96 bits per heavy atom. The second-order valence-corrected chi connectivity index (χ2v) is 7.29. The van der Waals surface area contributed by atoms with E-state index in [9.17, 15) is 4.79 Å². The maximum absolute atomic E-state index is 12.0. The van der Waals surface area contributed by atoms with Crippen LogP contribution in [-0.4, -0.2) is 23.2 Å². The normalized spacial score (nSPS) is 17.6. The highest BCUT2D eigenvalue weighted by molar-refractivity contribution is 5.94. The van der Waals surface area contributed by atoms with Crippen LogP contribution >= 0.6 is 0 Å². The number of carbonyl (C=O) groups excluding carboxylic acids is 1. The molecule has 6 heteroatoms. The molecule has 1 aliphatic heterocycles. The first-order valence-electron chi connectivity index (χ1n) is 9.52. The average Bonchev–Trinajstić information content (AvgIpc) is 3.36. The molecule has 5 rings (SSSR count). The second-order valence-electron chi connectivity index (χ2n) is 7.29. The van der Waals surface area contributed by atoms with E-state index in [2.05, 4.69) is 27.6 Å². The van der Waals surface area contributed by atoms with Crippen molar-refractivity contribution in [2.24, 2.45) is 0 Å². The topological polar surface area (TPSA) is 76.2 Å². The van der Waals surface area contributed by atoms with Gasteiger partial charge in [0, 0.05) is 24.1 Å². The van der Waals surface area contributed by atoms with Crippen LogP contribution in [0.1, 0.15) is 41.0 Å². The number of fused-ring (bicyclic) bond motifs is 2. The van der Waals surface area contributed by atoms with Gasteiger partial charge >= 0.3 is 0 Å². The molecule has 28 heavy (non-hydrogen) atoms. The number of benzene rings is 2. The van der Waals surface area contributed by atoms with E-state index in [-0.39, 0.29) is 11.8 Å². The lowest BCUT2D eigenvalue weighted by Gasteiger charge is -2.23. The Bertz CT molecular complexity index is 1060. The molecular formula is C22H21N3O3. The first-order valence-corrected chi connectivity index (χ1v) is 9.52. The van der Waals surface area contributed by atoms with Crippen LogP contribution in [0.25, 0.3) is 0 Å². The third-order valence-electron chi connectivity index (χ3n) is 5.58. The van der Waals surface area contributed by atoms with E-state index in [4.69, 9.17) is 9.47 Å². The highest BCUT2D eigenvalue weighted by Crippen LogP contribution is 2.40. The average molecular weight is 375 g/mol. The molecule has 0 radical (unpaired) electrons. The molecule has 0 unspecified atom stereocenters. The Morgan fingerprint density at radius 3 is 2.86 bits per heavy atom. The van der Waals surface area contributed by atoms with Crippen LogP contribution < -0.4 is 14.8 Å². The van der Waals surface area contributed by atoms with Crippen molar-refractivity contribution in [1.82, 2.24) is 10.2 Å². The fourth-order valence-corrected chi connectivity index (χ4v) is 4.16.